The lowest BCUT2D eigenvalue weighted by Gasteiger charge is -2.21. The van der Waals surface area contributed by atoms with Gasteiger partial charge in [0.25, 0.3) is 5.91 Å². The largest absolute Gasteiger partial charge is 0.345 e. The van der Waals surface area contributed by atoms with Crippen LogP contribution >= 0.6 is 22.9 Å². The zero-order chi connectivity index (χ0) is 18.1. The van der Waals surface area contributed by atoms with E-state index < -0.39 is 0 Å². The Balaban J connectivity index is 1.41. The number of amides is 1. The summed E-state index contributed by atoms with van der Waals surface area (Å²) in [6, 6.07) is 0. The van der Waals surface area contributed by atoms with Crippen LogP contribution in [0.4, 0.5) is 5.13 Å². The molecule has 2 aromatic heterocycles. The number of aromatic nitrogens is 3. The van der Waals surface area contributed by atoms with Gasteiger partial charge in [-0.3, -0.25) is 4.79 Å². The zero-order valence-corrected chi connectivity index (χ0v) is 17.0. The fourth-order valence-electron chi connectivity index (χ4n) is 3.28. The van der Waals surface area contributed by atoms with E-state index in [-0.39, 0.29) is 5.91 Å². The zero-order valence-electron chi connectivity index (χ0n) is 15.4. The highest BCUT2D eigenvalue weighted by Gasteiger charge is 2.27. The third kappa shape index (κ3) is 3.91. The maximum absolute atomic E-state index is 13.0. The minimum absolute atomic E-state index is 0.149. The van der Waals surface area contributed by atoms with E-state index in [9.17, 15) is 4.79 Å². The Hall–Kier alpha value is -1.54. The van der Waals surface area contributed by atoms with E-state index in [2.05, 4.69) is 26.2 Å². The lowest BCUT2D eigenvalue weighted by Crippen LogP contribution is -2.35. The number of carbonyl (C=O) groups is 1. The van der Waals surface area contributed by atoms with Crippen molar-refractivity contribution in [3.63, 3.8) is 0 Å². The van der Waals surface area contributed by atoms with Crippen molar-refractivity contribution in [2.75, 3.05) is 31.1 Å². The van der Waals surface area contributed by atoms with Gasteiger partial charge in [0.15, 0.2) is 0 Å². The Morgan fingerprint density at radius 2 is 2.04 bits per heavy atom. The Morgan fingerprint density at radius 3 is 2.77 bits per heavy atom. The van der Waals surface area contributed by atoms with Crippen molar-refractivity contribution in [3.8, 4) is 0 Å². The van der Waals surface area contributed by atoms with E-state index in [1.807, 2.05) is 11.8 Å². The minimum Gasteiger partial charge on any atom is -0.345 e. The van der Waals surface area contributed by atoms with Gasteiger partial charge >= 0.3 is 0 Å². The van der Waals surface area contributed by atoms with Crippen LogP contribution in [0.25, 0.3) is 0 Å². The molecule has 8 heteroatoms. The Morgan fingerprint density at radius 1 is 1.19 bits per heavy atom. The first-order valence-corrected chi connectivity index (χ1v) is 11.1. The highest BCUT2D eigenvalue weighted by atomic mass is 32.1. The van der Waals surface area contributed by atoms with Gasteiger partial charge in [0.1, 0.15) is 10.7 Å². The molecule has 0 N–H and O–H groups in total. The van der Waals surface area contributed by atoms with E-state index in [4.69, 9.17) is 0 Å². The molecule has 2 aromatic rings. The molecule has 0 bridgehead atoms. The third-order valence-corrected chi connectivity index (χ3v) is 7.01. The summed E-state index contributed by atoms with van der Waals surface area (Å²) >= 11 is 3.07. The highest BCUT2D eigenvalue weighted by molar-refractivity contribution is 7.13. The van der Waals surface area contributed by atoms with Gasteiger partial charge < -0.3 is 9.80 Å². The molecule has 0 spiro atoms. The molecular weight excluding hydrogens is 366 g/mol. The topological polar surface area (TPSA) is 62.2 Å². The van der Waals surface area contributed by atoms with Gasteiger partial charge in [-0.05, 0) is 32.1 Å². The van der Waals surface area contributed by atoms with Crippen LogP contribution in [0.15, 0.2) is 0 Å². The molecule has 4 rings (SSSR count). The average Bonchev–Trinajstić information content (AvgIpc) is 3.27. The summed E-state index contributed by atoms with van der Waals surface area (Å²) in [5, 5.41) is 2.11. The first-order chi connectivity index (χ1) is 12.6. The normalized spacial score (nSPS) is 18.2. The summed E-state index contributed by atoms with van der Waals surface area (Å²) in [6.45, 7) is 7.31. The lowest BCUT2D eigenvalue weighted by atomic mass is 10.3. The van der Waals surface area contributed by atoms with Crippen LogP contribution in [0.5, 0.6) is 0 Å². The summed E-state index contributed by atoms with van der Waals surface area (Å²) < 4.78 is 4.39. The number of hydrogen-bond donors (Lipinski definition) is 0. The summed E-state index contributed by atoms with van der Waals surface area (Å²) in [5.74, 6) is 1.86. The highest BCUT2D eigenvalue weighted by Crippen LogP contribution is 2.34. The molecule has 0 atom stereocenters. The molecule has 0 radical (unpaired) electrons. The van der Waals surface area contributed by atoms with E-state index in [0.29, 0.717) is 0 Å². The quantitative estimate of drug-likeness (QED) is 0.783. The summed E-state index contributed by atoms with van der Waals surface area (Å²) in [6.07, 6.45) is 5.50. The molecule has 1 aliphatic carbocycles. The number of nitrogens with zero attached hydrogens (tertiary/aromatic N) is 5. The van der Waals surface area contributed by atoms with Crippen LogP contribution in [0.2, 0.25) is 0 Å². The molecule has 0 unspecified atom stereocenters. The standard InChI is InChI=1S/C18H25N5OS2/c1-3-14-20-18(26-21-14)23-8-4-7-22(9-10-23)17(24)16-12(2)19-15(25-16)11-13-5-6-13/h13H,3-11H2,1-2H3. The fourth-order valence-corrected chi connectivity index (χ4v) is 5.23. The maximum atomic E-state index is 13.0. The monoisotopic (exact) mass is 391 g/mol. The maximum Gasteiger partial charge on any atom is 0.265 e. The van der Waals surface area contributed by atoms with Crippen molar-refractivity contribution < 1.29 is 4.79 Å². The van der Waals surface area contributed by atoms with E-state index in [0.717, 1.165) is 77.9 Å². The molecule has 26 heavy (non-hydrogen) atoms. The second-order valence-corrected chi connectivity index (χ2v) is 8.96. The molecule has 0 aromatic carbocycles. The van der Waals surface area contributed by atoms with Crippen LogP contribution in [0.1, 0.15) is 52.4 Å². The first-order valence-electron chi connectivity index (χ1n) is 9.47. The van der Waals surface area contributed by atoms with Crippen molar-refractivity contribution in [1.82, 2.24) is 19.2 Å². The summed E-state index contributed by atoms with van der Waals surface area (Å²) in [7, 11) is 0. The molecule has 6 nitrogen and oxygen atoms in total. The van der Waals surface area contributed by atoms with Crippen LogP contribution < -0.4 is 4.90 Å². The Bertz CT molecular complexity index is 782. The number of carbonyl (C=O) groups excluding carboxylic acids is 1. The predicted molar refractivity (Wildman–Crippen MR) is 105 cm³/mol. The fraction of sp³-hybridized carbons (Fsp3) is 0.667. The summed E-state index contributed by atoms with van der Waals surface area (Å²) in [4.78, 5) is 27.4. The lowest BCUT2D eigenvalue weighted by molar-refractivity contribution is 0.0771. The van der Waals surface area contributed by atoms with Crippen LogP contribution in [-0.2, 0) is 12.8 Å². The predicted octanol–water partition coefficient (Wildman–Crippen LogP) is 3.17. The minimum atomic E-state index is 0.149. The smallest absolute Gasteiger partial charge is 0.265 e. The molecule has 140 valence electrons. The van der Waals surface area contributed by atoms with Crippen molar-refractivity contribution in [2.45, 2.75) is 46.0 Å². The molecule has 1 saturated carbocycles. The number of hydrogen-bond acceptors (Lipinski definition) is 7. The first kappa shape index (κ1) is 17.9. The third-order valence-electron chi connectivity index (χ3n) is 5.02. The number of anilines is 1. The number of thiazole rings is 1. The van der Waals surface area contributed by atoms with Gasteiger partial charge in [-0.1, -0.05) is 6.92 Å². The van der Waals surface area contributed by atoms with Gasteiger partial charge in [-0.25, -0.2) is 9.97 Å². The van der Waals surface area contributed by atoms with Gasteiger partial charge in [0.05, 0.1) is 10.7 Å². The Labute approximate surface area is 162 Å². The van der Waals surface area contributed by atoms with Crippen LogP contribution in [0, 0.1) is 12.8 Å². The summed E-state index contributed by atoms with van der Waals surface area (Å²) in [5.41, 5.74) is 0.897. The van der Waals surface area contributed by atoms with Crippen LogP contribution in [0.3, 0.4) is 0 Å². The molecule has 1 saturated heterocycles. The second-order valence-electron chi connectivity index (χ2n) is 7.15. The second kappa shape index (κ2) is 7.60. The van der Waals surface area contributed by atoms with Crippen molar-refractivity contribution in [1.29, 1.82) is 0 Å². The van der Waals surface area contributed by atoms with Crippen molar-refractivity contribution >= 4 is 33.9 Å². The molecular formula is C18H25N5OS2. The molecule has 3 heterocycles. The molecule has 1 aliphatic heterocycles. The van der Waals surface area contributed by atoms with Crippen molar-refractivity contribution in [2.24, 2.45) is 5.92 Å². The van der Waals surface area contributed by atoms with Gasteiger partial charge in [0.2, 0.25) is 5.13 Å². The van der Waals surface area contributed by atoms with Crippen molar-refractivity contribution in [3.05, 3.63) is 21.4 Å². The van der Waals surface area contributed by atoms with Gasteiger partial charge in [-0.15, -0.1) is 11.3 Å². The van der Waals surface area contributed by atoms with E-state index in [1.165, 1.54) is 24.4 Å². The van der Waals surface area contributed by atoms with Crippen LogP contribution in [-0.4, -0.2) is 51.3 Å². The number of aryl methyl sites for hydroxylation is 2. The molecule has 2 fully saturated rings. The molecule has 2 aliphatic rings. The SMILES string of the molecule is CCc1nsc(N2CCCN(C(=O)c3sc(CC4CC4)nc3C)CC2)n1. The van der Waals surface area contributed by atoms with Gasteiger partial charge in [-0.2, -0.15) is 4.37 Å². The number of rotatable bonds is 5. The van der Waals surface area contributed by atoms with E-state index >= 15 is 0 Å². The average molecular weight is 392 g/mol. The van der Waals surface area contributed by atoms with Gasteiger partial charge in [0, 0.05) is 50.6 Å². The van der Waals surface area contributed by atoms with E-state index in [1.54, 1.807) is 11.3 Å². The Kier molecular flexibility index (Phi) is 5.22. The molecule has 1 amide bonds.